The van der Waals surface area contributed by atoms with Gasteiger partial charge in [0.2, 0.25) is 5.78 Å². The zero-order valence-electron chi connectivity index (χ0n) is 17.0. The lowest BCUT2D eigenvalue weighted by molar-refractivity contribution is 0.104. The number of benzene rings is 2. The van der Waals surface area contributed by atoms with Crippen molar-refractivity contribution in [1.82, 2.24) is 9.88 Å². The highest BCUT2D eigenvalue weighted by atomic mass is 35.5. The highest BCUT2D eigenvalue weighted by Gasteiger charge is 2.25. The minimum Gasteiger partial charge on any atom is -0.382 e. The van der Waals surface area contributed by atoms with Crippen LogP contribution in [0.1, 0.15) is 28.1 Å². The Balaban J connectivity index is 1.33. The number of carbonyl (C=O) groups is 2. The minimum atomic E-state index is -0.483. The fourth-order valence-corrected chi connectivity index (χ4v) is 4.60. The van der Waals surface area contributed by atoms with Crippen LogP contribution in [-0.4, -0.2) is 40.8 Å². The zero-order valence-corrected chi connectivity index (χ0v) is 18.5. The Bertz CT molecular complexity index is 1150. The monoisotopic (exact) mass is 473 g/mol. The van der Waals surface area contributed by atoms with E-state index in [9.17, 15) is 14.0 Å². The van der Waals surface area contributed by atoms with E-state index in [2.05, 4.69) is 15.6 Å². The molecular formula is C22H21ClFN5O2S. The predicted octanol–water partition coefficient (Wildman–Crippen LogP) is 4.86. The van der Waals surface area contributed by atoms with Crippen molar-refractivity contribution in [1.29, 1.82) is 0 Å². The van der Waals surface area contributed by atoms with Crippen LogP contribution in [0.4, 0.5) is 25.8 Å². The van der Waals surface area contributed by atoms with Crippen LogP contribution >= 0.6 is 22.9 Å². The van der Waals surface area contributed by atoms with Gasteiger partial charge in [0, 0.05) is 35.4 Å². The van der Waals surface area contributed by atoms with Crippen LogP contribution < -0.4 is 16.4 Å². The third-order valence-corrected chi connectivity index (χ3v) is 6.37. The smallest absolute Gasteiger partial charge is 0.321 e. The number of piperidine rings is 1. The van der Waals surface area contributed by atoms with Gasteiger partial charge in [0.1, 0.15) is 16.5 Å². The van der Waals surface area contributed by atoms with Gasteiger partial charge in [-0.05, 0) is 43.2 Å². The van der Waals surface area contributed by atoms with E-state index in [-0.39, 0.29) is 34.1 Å². The second-order valence-corrected chi connectivity index (χ2v) is 8.85. The Morgan fingerprint density at radius 1 is 1.16 bits per heavy atom. The molecule has 7 nitrogen and oxygen atoms in total. The molecule has 1 aliphatic heterocycles. The molecule has 0 radical (unpaired) electrons. The van der Waals surface area contributed by atoms with Gasteiger partial charge in [-0.2, -0.15) is 0 Å². The summed E-state index contributed by atoms with van der Waals surface area (Å²) in [7, 11) is 0. The van der Waals surface area contributed by atoms with Gasteiger partial charge < -0.3 is 21.3 Å². The van der Waals surface area contributed by atoms with E-state index in [0.717, 1.165) is 24.2 Å². The molecule has 0 atom stereocenters. The van der Waals surface area contributed by atoms with Crippen molar-refractivity contribution in [2.45, 2.75) is 18.9 Å². The molecule has 1 saturated heterocycles. The first-order valence-corrected chi connectivity index (χ1v) is 11.2. The van der Waals surface area contributed by atoms with Gasteiger partial charge in [0.15, 0.2) is 5.13 Å². The van der Waals surface area contributed by atoms with Crippen molar-refractivity contribution in [3.63, 3.8) is 0 Å². The molecule has 166 valence electrons. The minimum absolute atomic E-state index is 0.0906. The molecule has 2 amide bonds. The molecule has 1 aromatic heterocycles. The molecule has 10 heteroatoms. The van der Waals surface area contributed by atoms with E-state index < -0.39 is 5.82 Å². The van der Waals surface area contributed by atoms with Gasteiger partial charge in [-0.1, -0.05) is 41.1 Å². The maximum atomic E-state index is 13.4. The normalized spacial score (nSPS) is 14.2. The molecule has 3 aromatic rings. The summed E-state index contributed by atoms with van der Waals surface area (Å²) >= 11 is 7.11. The lowest BCUT2D eigenvalue weighted by atomic mass is 10.1. The number of nitrogens with one attached hydrogen (secondary N) is 2. The zero-order chi connectivity index (χ0) is 22.7. The SMILES string of the molecule is Nc1nc(NC2CCN(C(=O)Nc3cccc(Cl)c3)CC2)sc1C(=O)c1cccc(F)c1. The van der Waals surface area contributed by atoms with Gasteiger partial charge in [-0.3, -0.25) is 4.79 Å². The molecule has 4 rings (SSSR count). The van der Waals surface area contributed by atoms with Gasteiger partial charge in [-0.15, -0.1) is 0 Å². The summed E-state index contributed by atoms with van der Waals surface area (Å²) in [6.45, 7) is 1.14. The van der Waals surface area contributed by atoms with Crippen molar-refractivity contribution < 1.29 is 14.0 Å². The number of ketones is 1. The number of rotatable bonds is 5. The van der Waals surface area contributed by atoms with Crippen molar-refractivity contribution in [2.24, 2.45) is 0 Å². The molecule has 0 bridgehead atoms. The van der Waals surface area contributed by atoms with E-state index in [1.807, 2.05) is 0 Å². The first-order chi connectivity index (χ1) is 15.4. The largest absolute Gasteiger partial charge is 0.382 e. The van der Waals surface area contributed by atoms with Crippen LogP contribution in [0.3, 0.4) is 0 Å². The van der Waals surface area contributed by atoms with Gasteiger partial charge in [-0.25, -0.2) is 14.2 Å². The van der Waals surface area contributed by atoms with E-state index in [1.165, 1.54) is 18.2 Å². The molecule has 4 N–H and O–H groups in total. The standard InChI is InChI=1S/C22H21ClFN5O2S/c23-14-4-2-6-17(12-14)27-22(31)29-9-7-16(8-10-29)26-21-28-20(25)19(32-21)18(30)13-3-1-5-15(24)11-13/h1-6,11-12,16H,7-10,25H2,(H,26,28)(H,27,31). The summed E-state index contributed by atoms with van der Waals surface area (Å²) in [5, 5.41) is 7.24. The number of nitrogens with zero attached hydrogens (tertiary/aromatic N) is 2. The fraction of sp³-hybridized carbons (Fsp3) is 0.227. The van der Waals surface area contributed by atoms with Crippen LogP contribution in [0.15, 0.2) is 48.5 Å². The summed E-state index contributed by atoms with van der Waals surface area (Å²) in [4.78, 5) is 31.4. The number of thiazole rings is 1. The number of nitrogen functional groups attached to an aromatic ring is 1. The van der Waals surface area contributed by atoms with Crippen molar-refractivity contribution >= 4 is 51.4 Å². The number of nitrogens with two attached hydrogens (primary N) is 1. The molecule has 2 aromatic carbocycles. The Hall–Kier alpha value is -3.17. The Morgan fingerprint density at radius 3 is 2.62 bits per heavy atom. The molecule has 0 unspecified atom stereocenters. The van der Waals surface area contributed by atoms with Crippen LogP contribution in [-0.2, 0) is 0 Å². The van der Waals surface area contributed by atoms with Crippen molar-refractivity contribution in [3.05, 3.63) is 69.8 Å². The third kappa shape index (κ3) is 5.17. The Labute approximate surface area is 193 Å². The summed E-state index contributed by atoms with van der Waals surface area (Å²) in [6.07, 6.45) is 1.44. The number of carbonyl (C=O) groups excluding carboxylic acids is 2. The number of hydrogen-bond donors (Lipinski definition) is 3. The fourth-order valence-electron chi connectivity index (χ4n) is 3.49. The average molecular weight is 474 g/mol. The molecule has 32 heavy (non-hydrogen) atoms. The number of aromatic nitrogens is 1. The number of amides is 2. The number of urea groups is 1. The lowest BCUT2D eigenvalue weighted by Gasteiger charge is -2.32. The van der Waals surface area contributed by atoms with E-state index in [1.54, 1.807) is 35.2 Å². The van der Waals surface area contributed by atoms with E-state index in [0.29, 0.717) is 28.9 Å². The second kappa shape index (κ2) is 9.54. The highest BCUT2D eigenvalue weighted by molar-refractivity contribution is 7.18. The molecule has 0 saturated carbocycles. The predicted molar refractivity (Wildman–Crippen MR) is 125 cm³/mol. The number of anilines is 3. The maximum absolute atomic E-state index is 13.4. The first kappa shape index (κ1) is 22.0. The van der Waals surface area contributed by atoms with Gasteiger partial charge >= 0.3 is 6.03 Å². The topological polar surface area (TPSA) is 100 Å². The van der Waals surface area contributed by atoms with Crippen LogP contribution in [0, 0.1) is 5.82 Å². The van der Waals surface area contributed by atoms with Crippen molar-refractivity contribution in [2.75, 3.05) is 29.5 Å². The molecule has 1 aliphatic rings. The molecule has 1 fully saturated rings. The second-order valence-electron chi connectivity index (χ2n) is 7.42. The Morgan fingerprint density at radius 2 is 1.91 bits per heavy atom. The van der Waals surface area contributed by atoms with Crippen molar-refractivity contribution in [3.8, 4) is 0 Å². The lowest BCUT2D eigenvalue weighted by Crippen LogP contribution is -2.44. The van der Waals surface area contributed by atoms with E-state index >= 15 is 0 Å². The summed E-state index contributed by atoms with van der Waals surface area (Å²) in [5.74, 6) is -0.728. The number of hydrogen-bond acceptors (Lipinski definition) is 6. The maximum Gasteiger partial charge on any atom is 0.321 e. The summed E-state index contributed by atoms with van der Waals surface area (Å²) in [6, 6.07) is 12.4. The first-order valence-electron chi connectivity index (χ1n) is 10.0. The van der Waals surface area contributed by atoms with Crippen LogP contribution in [0.2, 0.25) is 5.02 Å². The quantitative estimate of drug-likeness (QED) is 0.459. The average Bonchev–Trinajstić information content (AvgIpc) is 3.13. The van der Waals surface area contributed by atoms with Crippen LogP contribution in [0.25, 0.3) is 0 Å². The van der Waals surface area contributed by atoms with Crippen LogP contribution in [0.5, 0.6) is 0 Å². The summed E-state index contributed by atoms with van der Waals surface area (Å²) in [5.41, 5.74) is 6.82. The van der Waals surface area contributed by atoms with Gasteiger partial charge in [0.25, 0.3) is 0 Å². The Kier molecular flexibility index (Phi) is 6.57. The van der Waals surface area contributed by atoms with E-state index in [4.69, 9.17) is 17.3 Å². The third-order valence-electron chi connectivity index (χ3n) is 5.13. The number of likely N-dealkylation sites (tertiary alicyclic amines) is 1. The molecular weight excluding hydrogens is 453 g/mol. The summed E-state index contributed by atoms with van der Waals surface area (Å²) < 4.78 is 13.4. The molecule has 0 aliphatic carbocycles. The van der Waals surface area contributed by atoms with Gasteiger partial charge in [0.05, 0.1) is 0 Å². The number of halogens is 2. The molecule has 2 heterocycles. The molecule has 0 spiro atoms. The highest BCUT2D eigenvalue weighted by Crippen LogP contribution is 2.29.